The van der Waals surface area contributed by atoms with Gasteiger partial charge in [0.2, 0.25) is 0 Å². The molecule has 0 aliphatic carbocycles. The predicted molar refractivity (Wildman–Crippen MR) is 73.9 cm³/mol. The monoisotopic (exact) mass is 274 g/mol. The lowest BCUT2D eigenvalue weighted by molar-refractivity contribution is -0.114. The first-order chi connectivity index (χ1) is 9.70. The summed E-state index contributed by atoms with van der Waals surface area (Å²) in [4.78, 5) is 25.8. The van der Waals surface area contributed by atoms with Gasteiger partial charge in [0, 0.05) is 24.0 Å². The van der Waals surface area contributed by atoms with Crippen molar-refractivity contribution in [2.45, 2.75) is 0 Å². The molecule has 0 saturated heterocycles. The minimum Gasteiger partial charge on any atom is -0.411 e. The van der Waals surface area contributed by atoms with E-state index in [1.54, 1.807) is 6.07 Å². The van der Waals surface area contributed by atoms with Gasteiger partial charge in [0.25, 0.3) is 11.8 Å². The number of aromatic nitrogens is 1. The molecule has 20 heavy (non-hydrogen) atoms. The molecule has 7 nitrogen and oxygen atoms in total. The summed E-state index contributed by atoms with van der Waals surface area (Å²) in [6, 6.07) is 9.36. The van der Waals surface area contributed by atoms with Crippen molar-refractivity contribution in [3.05, 3.63) is 36.0 Å². The normalized spacial score (nSPS) is 10.8. The maximum absolute atomic E-state index is 11.9. The lowest BCUT2D eigenvalue weighted by atomic mass is 10.2. The van der Waals surface area contributed by atoms with Crippen LogP contribution < -0.4 is 10.6 Å². The highest BCUT2D eigenvalue weighted by Gasteiger charge is 2.08. The third-order valence-corrected chi connectivity index (χ3v) is 2.66. The number of benzene rings is 1. The average Bonchev–Trinajstić information content (AvgIpc) is 2.87. The van der Waals surface area contributed by atoms with Crippen LogP contribution in [0.4, 0.5) is 0 Å². The molecular weight excluding hydrogens is 260 g/mol. The number of carbonyl (C=O) groups excluding carboxylic acids is 2. The van der Waals surface area contributed by atoms with Crippen LogP contribution in [0.3, 0.4) is 0 Å². The summed E-state index contributed by atoms with van der Waals surface area (Å²) >= 11 is 0. The van der Waals surface area contributed by atoms with Gasteiger partial charge < -0.3 is 20.8 Å². The van der Waals surface area contributed by atoms with Crippen LogP contribution in [0, 0.1) is 0 Å². The van der Waals surface area contributed by atoms with Crippen molar-refractivity contribution in [3.63, 3.8) is 0 Å². The molecule has 1 aromatic heterocycles. The van der Waals surface area contributed by atoms with Gasteiger partial charge in [-0.05, 0) is 12.1 Å². The van der Waals surface area contributed by atoms with Crippen molar-refractivity contribution in [1.82, 2.24) is 15.6 Å². The Balaban J connectivity index is 1.84. The quantitative estimate of drug-likeness (QED) is 0.275. The first kappa shape index (κ1) is 13.6. The minimum absolute atomic E-state index is 0.244. The molecule has 104 valence electrons. The number of H-pyrrole nitrogens is 1. The van der Waals surface area contributed by atoms with Crippen molar-refractivity contribution >= 4 is 28.9 Å². The van der Waals surface area contributed by atoms with Gasteiger partial charge in [-0.15, -0.1) is 0 Å². The number of fused-ring (bicyclic) bond motifs is 1. The number of hydrogen-bond donors (Lipinski definition) is 4. The predicted octanol–water partition coefficient (Wildman–Crippen LogP) is 0.474. The Morgan fingerprint density at radius 3 is 2.75 bits per heavy atom. The Bertz CT molecular complexity index is 615. The lowest BCUT2D eigenvalue weighted by Gasteiger charge is -2.03. The summed E-state index contributed by atoms with van der Waals surface area (Å²) in [7, 11) is 0. The summed E-state index contributed by atoms with van der Waals surface area (Å²) in [5, 5.41) is 16.8. The summed E-state index contributed by atoms with van der Waals surface area (Å²) < 4.78 is 0. The first-order valence-corrected chi connectivity index (χ1v) is 6.02. The van der Waals surface area contributed by atoms with Crippen LogP contribution in [0.2, 0.25) is 0 Å². The number of aromatic amines is 1. The fourth-order valence-corrected chi connectivity index (χ4v) is 1.75. The molecule has 0 spiro atoms. The molecular formula is C13H14N4O3. The fraction of sp³-hybridized carbons (Fsp3) is 0.154. The third-order valence-electron chi connectivity index (χ3n) is 2.66. The number of hydrogen-bond acceptors (Lipinski definition) is 4. The molecule has 2 aromatic rings. The molecule has 2 amide bonds. The highest BCUT2D eigenvalue weighted by molar-refractivity contribution is 6.25. The van der Waals surface area contributed by atoms with Crippen LogP contribution >= 0.6 is 0 Å². The Labute approximate surface area is 114 Å². The van der Waals surface area contributed by atoms with Crippen LogP contribution in [0.5, 0.6) is 0 Å². The maximum Gasteiger partial charge on any atom is 0.267 e. The molecule has 0 saturated carbocycles. The number of amides is 2. The SMILES string of the molecule is O=C(/C=N\O)NCCNC(=O)c1cc2ccccc2[nH]1. The molecule has 0 bridgehead atoms. The zero-order valence-corrected chi connectivity index (χ0v) is 10.6. The van der Waals surface area contributed by atoms with Crippen LogP contribution in [-0.4, -0.2) is 41.3 Å². The van der Waals surface area contributed by atoms with Crippen molar-refractivity contribution in [3.8, 4) is 0 Å². The Kier molecular flexibility index (Phi) is 4.33. The molecule has 0 fully saturated rings. The molecule has 1 heterocycles. The second kappa shape index (κ2) is 6.37. The second-order valence-electron chi connectivity index (χ2n) is 4.06. The van der Waals surface area contributed by atoms with Gasteiger partial charge in [0.1, 0.15) is 11.9 Å². The smallest absolute Gasteiger partial charge is 0.267 e. The molecule has 0 atom stereocenters. The van der Waals surface area contributed by atoms with E-state index in [0.29, 0.717) is 5.69 Å². The van der Waals surface area contributed by atoms with Crippen LogP contribution in [-0.2, 0) is 4.79 Å². The fourth-order valence-electron chi connectivity index (χ4n) is 1.75. The summed E-state index contributed by atoms with van der Waals surface area (Å²) in [6.45, 7) is 0.524. The van der Waals surface area contributed by atoms with E-state index < -0.39 is 5.91 Å². The van der Waals surface area contributed by atoms with Gasteiger partial charge in [-0.1, -0.05) is 23.4 Å². The zero-order chi connectivity index (χ0) is 14.4. The standard InChI is InChI=1S/C13H14N4O3/c18-12(8-16-20)14-5-6-15-13(19)11-7-9-3-1-2-4-10(9)17-11/h1-4,7-8,17,20H,5-6H2,(H,14,18)(H,15,19)/b16-8-. The largest absolute Gasteiger partial charge is 0.411 e. The molecule has 0 aliphatic heterocycles. The molecule has 1 aromatic carbocycles. The lowest BCUT2D eigenvalue weighted by Crippen LogP contribution is -2.35. The van der Waals surface area contributed by atoms with Crippen LogP contribution in [0.25, 0.3) is 10.9 Å². The molecule has 4 N–H and O–H groups in total. The third kappa shape index (κ3) is 3.35. The molecule has 7 heteroatoms. The van der Waals surface area contributed by atoms with E-state index in [2.05, 4.69) is 20.8 Å². The Hall–Kier alpha value is -2.83. The maximum atomic E-state index is 11.9. The van der Waals surface area contributed by atoms with E-state index in [1.165, 1.54) is 0 Å². The minimum atomic E-state index is -0.521. The molecule has 2 rings (SSSR count). The number of oxime groups is 1. The van der Waals surface area contributed by atoms with Gasteiger partial charge in [-0.25, -0.2) is 0 Å². The van der Waals surface area contributed by atoms with Gasteiger partial charge in [0.15, 0.2) is 0 Å². The van der Waals surface area contributed by atoms with E-state index in [4.69, 9.17) is 5.21 Å². The topological polar surface area (TPSA) is 107 Å². The van der Waals surface area contributed by atoms with E-state index in [9.17, 15) is 9.59 Å². The van der Waals surface area contributed by atoms with E-state index in [-0.39, 0.29) is 19.0 Å². The highest BCUT2D eigenvalue weighted by Crippen LogP contribution is 2.14. The van der Waals surface area contributed by atoms with Crippen molar-refractivity contribution in [2.24, 2.45) is 5.16 Å². The number of nitrogens with zero attached hydrogens (tertiary/aromatic N) is 1. The van der Waals surface area contributed by atoms with Crippen LogP contribution in [0.1, 0.15) is 10.5 Å². The van der Waals surface area contributed by atoms with Gasteiger partial charge in [-0.3, -0.25) is 9.59 Å². The Morgan fingerprint density at radius 2 is 2.00 bits per heavy atom. The van der Waals surface area contributed by atoms with Gasteiger partial charge in [0.05, 0.1) is 0 Å². The second-order valence-corrected chi connectivity index (χ2v) is 4.06. The number of nitrogens with one attached hydrogen (secondary N) is 3. The highest BCUT2D eigenvalue weighted by atomic mass is 16.4. The van der Waals surface area contributed by atoms with Crippen molar-refractivity contribution < 1.29 is 14.8 Å². The van der Waals surface area contributed by atoms with Gasteiger partial charge >= 0.3 is 0 Å². The first-order valence-electron chi connectivity index (χ1n) is 6.02. The average molecular weight is 274 g/mol. The molecule has 0 radical (unpaired) electrons. The summed E-state index contributed by atoms with van der Waals surface area (Å²) in [5.74, 6) is -0.765. The number of rotatable bonds is 5. The number of para-hydroxylation sites is 1. The summed E-state index contributed by atoms with van der Waals surface area (Å²) in [6.07, 6.45) is 0.750. The van der Waals surface area contributed by atoms with E-state index >= 15 is 0 Å². The Morgan fingerprint density at radius 1 is 1.25 bits per heavy atom. The molecule has 0 unspecified atom stereocenters. The summed E-state index contributed by atoms with van der Waals surface area (Å²) in [5.41, 5.74) is 1.36. The van der Waals surface area contributed by atoms with Gasteiger partial charge in [-0.2, -0.15) is 0 Å². The molecule has 0 aliphatic rings. The van der Waals surface area contributed by atoms with E-state index in [0.717, 1.165) is 17.1 Å². The number of carbonyl (C=O) groups is 2. The van der Waals surface area contributed by atoms with Crippen LogP contribution in [0.15, 0.2) is 35.5 Å². The zero-order valence-electron chi connectivity index (χ0n) is 10.6. The van der Waals surface area contributed by atoms with E-state index in [1.807, 2.05) is 24.3 Å². The van der Waals surface area contributed by atoms with Crippen molar-refractivity contribution in [2.75, 3.05) is 13.1 Å². The van der Waals surface area contributed by atoms with Crippen molar-refractivity contribution in [1.29, 1.82) is 0 Å².